The summed E-state index contributed by atoms with van der Waals surface area (Å²) in [5.74, 6) is 1.96. The lowest BCUT2D eigenvalue weighted by Gasteiger charge is -2.15. The number of amides is 1. The Kier molecular flexibility index (Phi) is 10.0. The first-order chi connectivity index (χ1) is 14.2. The molecule has 0 bridgehead atoms. The summed E-state index contributed by atoms with van der Waals surface area (Å²) < 4.78 is 2.04. The summed E-state index contributed by atoms with van der Waals surface area (Å²) in [6, 6.07) is 8.27. The van der Waals surface area contributed by atoms with Gasteiger partial charge in [0.15, 0.2) is 5.96 Å². The molecule has 0 saturated carbocycles. The van der Waals surface area contributed by atoms with E-state index in [0.717, 1.165) is 57.3 Å². The highest BCUT2D eigenvalue weighted by Crippen LogP contribution is 2.22. The fourth-order valence-corrected chi connectivity index (χ4v) is 3.46. The Labute approximate surface area is 195 Å². The number of hydrogen-bond donors (Lipinski definition) is 2. The number of halogens is 1. The molecule has 0 radical (unpaired) electrons. The minimum Gasteiger partial charge on any atom is -0.357 e. The van der Waals surface area contributed by atoms with Gasteiger partial charge in [0.05, 0.1) is 0 Å². The number of carbonyl (C=O) groups is 1. The highest BCUT2D eigenvalue weighted by molar-refractivity contribution is 14.0. The third-order valence-electron chi connectivity index (χ3n) is 5.01. The van der Waals surface area contributed by atoms with Gasteiger partial charge < -0.3 is 20.1 Å². The molecule has 0 spiro atoms. The van der Waals surface area contributed by atoms with E-state index in [-0.39, 0.29) is 29.9 Å². The van der Waals surface area contributed by atoms with E-state index in [0.29, 0.717) is 13.0 Å². The Morgan fingerprint density at radius 3 is 2.57 bits per heavy atom. The van der Waals surface area contributed by atoms with Crippen LogP contribution < -0.4 is 10.6 Å². The maximum Gasteiger partial charge on any atom is 0.223 e. The van der Waals surface area contributed by atoms with Gasteiger partial charge in [-0.15, -0.1) is 34.2 Å². The fourth-order valence-electron chi connectivity index (χ4n) is 3.46. The lowest BCUT2D eigenvalue weighted by atomic mass is 10.1. The highest BCUT2D eigenvalue weighted by atomic mass is 127. The number of nitrogens with one attached hydrogen (secondary N) is 2. The van der Waals surface area contributed by atoms with Crippen LogP contribution in [0, 0.1) is 0 Å². The quantitative estimate of drug-likeness (QED) is 0.227. The summed E-state index contributed by atoms with van der Waals surface area (Å²) in [4.78, 5) is 19.0. The van der Waals surface area contributed by atoms with Crippen LogP contribution in [0.5, 0.6) is 0 Å². The third kappa shape index (κ3) is 6.68. The maximum absolute atomic E-state index is 12.5. The normalized spacial score (nSPS) is 13.0. The van der Waals surface area contributed by atoms with Crippen LogP contribution in [0.2, 0.25) is 0 Å². The molecule has 164 valence electrons. The molecule has 1 aliphatic heterocycles. The first-order valence-corrected chi connectivity index (χ1v) is 10.4. The lowest BCUT2D eigenvalue weighted by molar-refractivity contribution is -0.131. The smallest absolute Gasteiger partial charge is 0.223 e. The molecule has 0 aliphatic carbocycles. The van der Waals surface area contributed by atoms with Crippen molar-refractivity contribution in [3.05, 3.63) is 47.5 Å². The van der Waals surface area contributed by atoms with E-state index in [4.69, 9.17) is 0 Å². The topological polar surface area (TPSA) is 87.4 Å². The number of fused-ring (bicyclic) bond motifs is 1. The van der Waals surface area contributed by atoms with Crippen LogP contribution >= 0.6 is 24.0 Å². The number of carbonyl (C=O) groups excluding carboxylic acids is 1. The van der Waals surface area contributed by atoms with Gasteiger partial charge in [0.1, 0.15) is 12.2 Å². The van der Waals surface area contributed by atoms with Crippen molar-refractivity contribution < 1.29 is 4.79 Å². The second kappa shape index (κ2) is 12.5. The van der Waals surface area contributed by atoms with Crippen LogP contribution in [0.3, 0.4) is 0 Å². The van der Waals surface area contributed by atoms with Crippen molar-refractivity contribution >= 4 is 35.8 Å². The van der Waals surface area contributed by atoms with Crippen molar-refractivity contribution in [2.45, 2.75) is 52.7 Å². The molecule has 1 aromatic carbocycles. The first-order valence-electron chi connectivity index (χ1n) is 10.4. The van der Waals surface area contributed by atoms with Crippen molar-refractivity contribution in [2.24, 2.45) is 4.99 Å². The summed E-state index contributed by atoms with van der Waals surface area (Å²) in [6.45, 7) is 8.51. The van der Waals surface area contributed by atoms with E-state index >= 15 is 0 Å². The van der Waals surface area contributed by atoms with Gasteiger partial charge in [-0.05, 0) is 24.5 Å². The molecule has 2 heterocycles. The average Bonchev–Trinajstić information content (AvgIpc) is 3.37. The highest BCUT2D eigenvalue weighted by Gasteiger charge is 2.22. The van der Waals surface area contributed by atoms with Gasteiger partial charge in [-0.2, -0.15) is 0 Å². The Balaban J connectivity index is 0.00000320. The van der Waals surface area contributed by atoms with Crippen LogP contribution in [0.4, 0.5) is 0 Å². The largest absolute Gasteiger partial charge is 0.357 e. The zero-order chi connectivity index (χ0) is 20.5. The van der Waals surface area contributed by atoms with E-state index in [2.05, 4.69) is 44.9 Å². The van der Waals surface area contributed by atoms with Gasteiger partial charge in [0, 0.05) is 52.1 Å². The summed E-state index contributed by atoms with van der Waals surface area (Å²) in [6.07, 6.45) is 3.89. The van der Waals surface area contributed by atoms with E-state index in [1.54, 1.807) is 6.33 Å². The number of hydrogen-bond acceptors (Lipinski definition) is 4. The number of aryl methyl sites for hydroxylation is 1. The lowest BCUT2D eigenvalue weighted by Crippen LogP contribution is -2.39. The molecule has 1 aromatic heterocycles. The molecular weight excluding hydrogens is 493 g/mol. The van der Waals surface area contributed by atoms with Crippen LogP contribution in [-0.4, -0.2) is 51.2 Å². The number of nitrogens with zero attached hydrogens (tertiary/aromatic N) is 5. The minimum atomic E-state index is 0. The van der Waals surface area contributed by atoms with Gasteiger partial charge in [-0.25, -0.2) is 0 Å². The third-order valence-corrected chi connectivity index (χ3v) is 5.01. The molecule has 1 amide bonds. The Bertz CT molecular complexity index is 811. The van der Waals surface area contributed by atoms with Gasteiger partial charge >= 0.3 is 0 Å². The van der Waals surface area contributed by atoms with Gasteiger partial charge in [-0.1, -0.05) is 31.2 Å². The van der Waals surface area contributed by atoms with Crippen LogP contribution in [0.15, 0.2) is 35.6 Å². The Hall–Kier alpha value is -2.17. The predicted molar refractivity (Wildman–Crippen MR) is 129 cm³/mol. The second-order valence-corrected chi connectivity index (χ2v) is 7.10. The summed E-state index contributed by atoms with van der Waals surface area (Å²) >= 11 is 0. The molecule has 9 heteroatoms. The van der Waals surface area contributed by atoms with Crippen LogP contribution in [0.25, 0.3) is 0 Å². The summed E-state index contributed by atoms with van der Waals surface area (Å²) in [7, 11) is 0. The average molecular weight is 525 g/mol. The van der Waals surface area contributed by atoms with E-state index in [1.165, 1.54) is 11.1 Å². The minimum absolute atomic E-state index is 0. The fraction of sp³-hybridized carbons (Fsp3) is 0.524. The molecule has 30 heavy (non-hydrogen) atoms. The number of aromatic nitrogens is 3. The molecule has 0 unspecified atom stereocenters. The van der Waals surface area contributed by atoms with Crippen LogP contribution in [-0.2, 0) is 30.8 Å². The second-order valence-electron chi connectivity index (χ2n) is 7.10. The van der Waals surface area contributed by atoms with Crippen molar-refractivity contribution in [1.82, 2.24) is 30.3 Å². The Morgan fingerprint density at radius 1 is 1.17 bits per heavy atom. The predicted octanol–water partition coefficient (Wildman–Crippen LogP) is 2.34. The van der Waals surface area contributed by atoms with Gasteiger partial charge in [0.2, 0.25) is 5.91 Å². The zero-order valence-electron chi connectivity index (χ0n) is 17.8. The monoisotopic (exact) mass is 525 g/mol. The molecule has 0 atom stereocenters. The van der Waals surface area contributed by atoms with Gasteiger partial charge in [-0.3, -0.25) is 9.79 Å². The van der Waals surface area contributed by atoms with Crippen molar-refractivity contribution in [1.29, 1.82) is 0 Å². The number of aliphatic imine (C=N–C) groups is 1. The van der Waals surface area contributed by atoms with E-state index in [9.17, 15) is 4.79 Å². The summed E-state index contributed by atoms with van der Waals surface area (Å²) in [5, 5.41) is 14.6. The molecule has 2 N–H and O–H groups in total. The maximum atomic E-state index is 12.5. The van der Waals surface area contributed by atoms with Crippen molar-refractivity contribution in [3.63, 3.8) is 0 Å². The van der Waals surface area contributed by atoms with E-state index < -0.39 is 0 Å². The number of guanidine groups is 1. The Morgan fingerprint density at radius 2 is 1.90 bits per heavy atom. The zero-order valence-corrected chi connectivity index (χ0v) is 20.1. The van der Waals surface area contributed by atoms with Crippen LogP contribution in [0.1, 0.15) is 43.6 Å². The first kappa shape index (κ1) is 24.1. The summed E-state index contributed by atoms with van der Waals surface area (Å²) in [5.41, 5.74) is 2.52. The van der Waals surface area contributed by atoms with Crippen molar-refractivity contribution in [2.75, 3.05) is 19.6 Å². The van der Waals surface area contributed by atoms with E-state index in [1.807, 2.05) is 28.5 Å². The molecule has 1 aliphatic rings. The molecule has 8 nitrogen and oxygen atoms in total. The molecular formula is C21H32IN7O. The number of benzene rings is 1. The molecule has 2 aromatic rings. The SMILES string of the molecule is CCNC(=NCCCC(=O)N1Cc2ccccc2C1)NCCn1cnnc1CC.I. The molecule has 0 saturated heterocycles. The van der Waals surface area contributed by atoms with Crippen molar-refractivity contribution in [3.8, 4) is 0 Å². The molecule has 3 rings (SSSR count). The standard InChI is InChI=1S/C21H31N7O.HI/c1-3-19-26-25-16-27(19)13-12-24-21(22-4-2)23-11-7-10-20(29)28-14-17-8-5-6-9-18(17)15-28;/h5-6,8-9,16H,3-4,7,10-15H2,1-2H3,(H2,22,23,24);1H. The number of rotatable bonds is 9. The molecule has 0 fully saturated rings. The van der Waals surface area contributed by atoms with Gasteiger partial charge in [0.25, 0.3) is 0 Å².